The van der Waals surface area contributed by atoms with E-state index in [0.717, 1.165) is 5.56 Å². The molecule has 0 N–H and O–H groups in total. The monoisotopic (exact) mass is 349 g/mol. The molecule has 0 fully saturated rings. The Morgan fingerprint density at radius 3 is 2.71 bits per heavy atom. The molecule has 0 saturated heterocycles. The molecule has 0 saturated carbocycles. The summed E-state index contributed by atoms with van der Waals surface area (Å²) in [5.41, 5.74) is 1.65. The van der Waals surface area contributed by atoms with E-state index in [-0.39, 0.29) is 24.6 Å². The summed E-state index contributed by atoms with van der Waals surface area (Å²) >= 11 is 0. The quantitative estimate of drug-likeness (QED) is 0.618. The number of nitro benzene ring substituents is 1. The fourth-order valence-electron chi connectivity index (χ4n) is 2.47. The minimum Gasteiger partial charge on any atom is -0.474 e. The average molecular weight is 349 g/mol. The summed E-state index contributed by atoms with van der Waals surface area (Å²) in [6.45, 7) is 2.25. The zero-order valence-corrected chi connectivity index (χ0v) is 13.7. The van der Waals surface area contributed by atoms with Crippen molar-refractivity contribution in [3.8, 4) is 5.88 Å². The number of nitro groups is 1. The lowest BCUT2D eigenvalue weighted by Gasteiger charge is -2.29. The molecule has 8 nitrogen and oxygen atoms in total. The smallest absolute Gasteiger partial charge is 0.269 e. The summed E-state index contributed by atoms with van der Waals surface area (Å²) in [6, 6.07) is 7.21. The van der Waals surface area contributed by atoms with E-state index in [1.807, 2.05) is 6.92 Å². The molecule has 0 amide bonds. The van der Waals surface area contributed by atoms with Crippen molar-refractivity contribution < 1.29 is 18.1 Å². The van der Waals surface area contributed by atoms with Crippen LogP contribution >= 0.6 is 0 Å². The maximum absolute atomic E-state index is 12.8. The van der Waals surface area contributed by atoms with Crippen molar-refractivity contribution in [2.24, 2.45) is 0 Å². The summed E-state index contributed by atoms with van der Waals surface area (Å²) < 4.78 is 32.2. The number of hydrogen-bond acceptors (Lipinski definition) is 6. The first kappa shape index (κ1) is 16.2. The number of aryl methyl sites for hydroxylation is 1. The highest BCUT2D eigenvalue weighted by Gasteiger charge is 2.29. The number of sulfonamides is 1. The maximum atomic E-state index is 12.8. The van der Waals surface area contributed by atoms with Crippen LogP contribution in [0.25, 0.3) is 0 Å². The molecule has 0 bridgehead atoms. The molecular weight excluding hydrogens is 334 g/mol. The van der Waals surface area contributed by atoms with E-state index < -0.39 is 14.9 Å². The highest BCUT2D eigenvalue weighted by atomic mass is 32.2. The van der Waals surface area contributed by atoms with Gasteiger partial charge in [0.2, 0.25) is 15.9 Å². The van der Waals surface area contributed by atoms with Gasteiger partial charge in [-0.1, -0.05) is 12.1 Å². The molecule has 2 heterocycles. The van der Waals surface area contributed by atoms with Gasteiger partial charge in [-0.2, -0.15) is 0 Å². The minimum atomic E-state index is -3.66. The Kier molecular flexibility index (Phi) is 4.10. The van der Waals surface area contributed by atoms with Gasteiger partial charge in [-0.15, -0.1) is 0 Å². The fraction of sp³-hybridized carbons (Fsp3) is 0.267. The number of rotatable bonds is 4. The fourth-order valence-corrected chi connectivity index (χ4v) is 4.02. The van der Waals surface area contributed by atoms with E-state index in [9.17, 15) is 18.5 Å². The standard InChI is InChI=1S/C15H15N3O5S/c1-11-8-14-15(16-9-11)23-7-6-17(14)24(21,22)10-12-2-4-13(5-3-12)18(19)20/h2-5,8-9H,6-7,10H2,1H3. The van der Waals surface area contributed by atoms with E-state index in [0.29, 0.717) is 17.1 Å². The highest BCUT2D eigenvalue weighted by Crippen LogP contribution is 2.33. The first-order valence-corrected chi connectivity index (χ1v) is 8.81. The van der Waals surface area contributed by atoms with Gasteiger partial charge in [0, 0.05) is 18.3 Å². The lowest BCUT2D eigenvalue weighted by molar-refractivity contribution is -0.384. The number of pyridine rings is 1. The van der Waals surface area contributed by atoms with Crippen LogP contribution < -0.4 is 9.04 Å². The van der Waals surface area contributed by atoms with E-state index in [4.69, 9.17) is 4.74 Å². The molecule has 0 spiro atoms. The Labute approximate surface area is 138 Å². The Morgan fingerprint density at radius 2 is 2.04 bits per heavy atom. The SMILES string of the molecule is Cc1cnc2c(c1)N(S(=O)(=O)Cc1ccc([N+](=O)[O-])cc1)CCO2. The van der Waals surface area contributed by atoms with Crippen molar-refractivity contribution in [1.29, 1.82) is 0 Å². The number of fused-ring (bicyclic) bond motifs is 1. The number of benzene rings is 1. The second-order valence-corrected chi connectivity index (χ2v) is 7.33. The third kappa shape index (κ3) is 3.16. The molecular formula is C15H15N3O5S. The number of nitrogens with zero attached hydrogens (tertiary/aromatic N) is 3. The van der Waals surface area contributed by atoms with E-state index in [1.165, 1.54) is 28.6 Å². The maximum Gasteiger partial charge on any atom is 0.269 e. The van der Waals surface area contributed by atoms with Crippen molar-refractivity contribution in [2.75, 3.05) is 17.5 Å². The molecule has 1 aliphatic rings. The predicted octanol–water partition coefficient (Wildman–Crippen LogP) is 2.03. The molecule has 9 heteroatoms. The number of non-ortho nitro benzene ring substituents is 1. The number of ether oxygens (including phenoxy) is 1. The summed E-state index contributed by atoms with van der Waals surface area (Å²) in [4.78, 5) is 14.3. The third-order valence-corrected chi connectivity index (χ3v) is 5.35. The molecule has 1 aliphatic heterocycles. The van der Waals surface area contributed by atoms with Crippen LogP contribution in [0, 0.1) is 17.0 Å². The lowest BCUT2D eigenvalue weighted by atomic mass is 10.2. The van der Waals surface area contributed by atoms with Crippen LogP contribution in [0.4, 0.5) is 11.4 Å². The van der Waals surface area contributed by atoms with Crippen molar-refractivity contribution in [1.82, 2.24) is 4.98 Å². The Hall–Kier alpha value is -2.68. The number of aromatic nitrogens is 1. The van der Waals surface area contributed by atoms with Gasteiger partial charge in [0.1, 0.15) is 12.3 Å². The summed E-state index contributed by atoms with van der Waals surface area (Å²) in [6.07, 6.45) is 1.62. The molecule has 1 aromatic carbocycles. The molecule has 1 aromatic heterocycles. The van der Waals surface area contributed by atoms with Crippen LogP contribution in [0.5, 0.6) is 5.88 Å². The van der Waals surface area contributed by atoms with E-state index in [2.05, 4.69) is 4.98 Å². The summed E-state index contributed by atoms with van der Waals surface area (Å²) in [5, 5.41) is 10.7. The molecule has 3 rings (SSSR count). The van der Waals surface area contributed by atoms with Gasteiger partial charge in [-0.05, 0) is 24.1 Å². The van der Waals surface area contributed by atoms with Crippen LogP contribution in [0.2, 0.25) is 0 Å². The van der Waals surface area contributed by atoms with Gasteiger partial charge >= 0.3 is 0 Å². The Balaban J connectivity index is 1.89. The van der Waals surface area contributed by atoms with Gasteiger partial charge in [0.05, 0.1) is 17.2 Å². The van der Waals surface area contributed by atoms with Crippen molar-refractivity contribution in [3.63, 3.8) is 0 Å². The Morgan fingerprint density at radius 1 is 1.33 bits per heavy atom. The topological polar surface area (TPSA) is 103 Å². The largest absolute Gasteiger partial charge is 0.474 e. The molecule has 126 valence electrons. The first-order chi connectivity index (χ1) is 11.4. The molecule has 24 heavy (non-hydrogen) atoms. The molecule has 2 aromatic rings. The molecule has 0 unspecified atom stereocenters. The highest BCUT2D eigenvalue weighted by molar-refractivity contribution is 7.92. The van der Waals surface area contributed by atoms with Crippen LogP contribution in [0.1, 0.15) is 11.1 Å². The first-order valence-electron chi connectivity index (χ1n) is 7.20. The van der Waals surface area contributed by atoms with Crippen LogP contribution in [0.15, 0.2) is 36.5 Å². The van der Waals surface area contributed by atoms with Crippen molar-refractivity contribution in [2.45, 2.75) is 12.7 Å². The third-order valence-electron chi connectivity index (χ3n) is 3.60. The second kappa shape index (κ2) is 6.08. The zero-order valence-electron chi connectivity index (χ0n) is 12.9. The van der Waals surface area contributed by atoms with Crippen molar-refractivity contribution in [3.05, 3.63) is 57.8 Å². The normalized spacial score (nSPS) is 14.0. The van der Waals surface area contributed by atoms with Gasteiger partial charge < -0.3 is 4.74 Å². The van der Waals surface area contributed by atoms with Gasteiger partial charge in [-0.25, -0.2) is 13.4 Å². The molecule has 0 atom stereocenters. The minimum absolute atomic E-state index is 0.0762. The van der Waals surface area contributed by atoms with Crippen LogP contribution in [-0.2, 0) is 15.8 Å². The van der Waals surface area contributed by atoms with Gasteiger partial charge in [-0.3, -0.25) is 14.4 Å². The predicted molar refractivity (Wildman–Crippen MR) is 87.5 cm³/mol. The van der Waals surface area contributed by atoms with E-state index in [1.54, 1.807) is 12.3 Å². The zero-order chi connectivity index (χ0) is 17.3. The number of hydrogen-bond donors (Lipinski definition) is 0. The van der Waals surface area contributed by atoms with E-state index >= 15 is 0 Å². The van der Waals surface area contributed by atoms with Gasteiger partial charge in [0.25, 0.3) is 5.69 Å². The van der Waals surface area contributed by atoms with Crippen LogP contribution in [0.3, 0.4) is 0 Å². The average Bonchev–Trinajstić information content (AvgIpc) is 2.54. The van der Waals surface area contributed by atoms with Crippen molar-refractivity contribution >= 4 is 21.4 Å². The summed E-state index contributed by atoms with van der Waals surface area (Å²) in [7, 11) is -3.66. The number of anilines is 1. The Bertz CT molecular complexity index is 880. The lowest BCUT2D eigenvalue weighted by Crippen LogP contribution is -2.39. The molecule has 0 radical (unpaired) electrons. The van der Waals surface area contributed by atoms with Gasteiger partial charge in [0.15, 0.2) is 0 Å². The summed E-state index contributed by atoms with van der Waals surface area (Å²) in [5.74, 6) is 0.0392. The molecule has 0 aliphatic carbocycles. The van der Waals surface area contributed by atoms with Crippen LogP contribution in [-0.4, -0.2) is 31.5 Å². The second-order valence-electron chi connectivity index (χ2n) is 5.44.